The average molecular weight is 395 g/mol. The van der Waals surface area contributed by atoms with Gasteiger partial charge in [-0.05, 0) is 51.0 Å². The molecule has 2 atom stereocenters. The standard InChI is InChI=1S/C24H30N2OS/c1-4-8-21(3)17-22(19-26-23-13-11-20(2)12-14-23)18-25-15-16-28(27)24-9-6-5-7-10-24/h5-14,18-19,22H,4,15-17H2,1-3H3. The quantitative estimate of drug-likeness (QED) is 0.363. The molecule has 28 heavy (non-hydrogen) atoms. The van der Waals surface area contributed by atoms with Gasteiger partial charge in [-0.15, -0.1) is 0 Å². The van der Waals surface area contributed by atoms with Crippen LogP contribution >= 0.6 is 0 Å². The maximum absolute atomic E-state index is 12.3. The van der Waals surface area contributed by atoms with Crippen LogP contribution in [0.2, 0.25) is 0 Å². The topological polar surface area (TPSA) is 41.8 Å². The van der Waals surface area contributed by atoms with E-state index in [1.165, 1.54) is 11.1 Å². The van der Waals surface area contributed by atoms with Crippen LogP contribution in [-0.4, -0.2) is 28.9 Å². The van der Waals surface area contributed by atoms with Crippen LogP contribution in [0.3, 0.4) is 0 Å². The zero-order valence-electron chi connectivity index (χ0n) is 17.0. The summed E-state index contributed by atoms with van der Waals surface area (Å²) < 4.78 is 12.3. The number of allylic oxidation sites excluding steroid dienone is 2. The molecule has 148 valence electrons. The van der Waals surface area contributed by atoms with Crippen LogP contribution in [0.25, 0.3) is 0 Å². The smallest absolute Gasteiger partial charge is 0.0626 e. The number of rotatable bonds is 10. The molecule has 0 aliphatic carbocycles. The second-order valence-corrected chi connectivity index (χ2v) is 8.43. The highest BCUT2D eigenvalue weighted by molar-refractivity contribution is 7.85. The van der Waals surface area contributed by atoms with E-state index in [2.05, 4.69) is 49.0 Å². The Morgan fingerprint density at radius 2 is 1.79 bits per heavy atom. The number of hydrogen-bond donors (Lipinski definition) is 0. The third-order valence-electron chi connectivity index (χ3n) is 4.27. The van der Waals surface area contributed by atoms with Gasteiger partial charge in [0.15, 0.2) is 0 Å². The van der Waals surface area contributed by atoms with E-state index in [1.807, 2.05) is 54.9 Å². The lowest BCUT2D eigenvalue weighted by molar-refractivity contribution is 0.682. The Hall–Kier alpha value is -2.33. The molecule has 0 radical (unpaired) electrons. The SMILES string of the molecule is CCC=C(C)CC(C=NCCS(=O)c1ccccc1)C=Nc1ccc(C)cc1. The fourth-order valence-corrected chi connectivity index (χ4v) is 3.76. The van der Waals surface area contributed by atoms with Gasteiger partial charge in [0, 0.05) is 29.0 Å². The molecule has 0 saturated heterocycles. The minimum absolute atomic E-state index is 0.134. The van der Waals surface area contributed by atoms with Crippen LogP contribution in [0, 0.1) is 12.8 Å². The van der Waals surface area contributed by atoms with Gasteiger partial charge < -0.3 is 0 Å². The van der Waals surface area contributed by atoms with Crippen molar-refractivity contribution in [1.29, 1.82) is 0 Å². The summed E-state index contributed by atoms with van der Waals surface area (Å²) >= 11 is 0. The van der Waals surface area contributed by atoms with Crippen molar-refractivity contribution in [3.63, 3.8) is 0 Å². The minimum Gasteiger partial charge on any atom is -0.296 e. The van der Waals surface area contributed by atoms with Gasteiger partial charge in [-0.3, -0.25) is 14.2 Å². The zero-order chi connectivity index (χ0) is 20.2. The molecule has 2 aromatic rings. The third-order valence-corrected chi connectivity index (χ3v) is 5.62. The predicted octanol–water partition coefficient (Wildman–Crippen LogP) is 5.94. The van der Waals surface area contributed by atoms with E-state index >= 15 is 0 Å². The van der Waals surface area contributed by atoms with E-state index in [4.69, 9.17) is 0 Å². The molecular formula is C24H30N2OS. The Morgan fingerprint density at radius 1 is 1.07 bits per heavy atom. The lowest BCUT2D eigenvalue weighted by Crippen LogP contribution is -2.07. The first kappa shape index (κ1) is 22.0. The molecular weight excluding hydrogens is 364 g/mol. The molecule has 2 rings (SSSR count). The average Bonchev–Trinajstić information content (AvgIpc) is 2.71. The minimum atomic E-state index is -1.01. The highest BCUT2D eigenvalue weighted by Gasteiger charge is 2.05. The summed E-state index contributed by atoms with van der Waals surface area (Å²) in [6, 6.07) is 17.7. The summed E-state index contributed by atoms with van der Waals surface area (Å²) in [5, 5.41) is 0. The summed E-state index contributed by atoms with van der Waals surface area (Å²) in [6.07, 6.45) is 8.09. The van der Waals surface area contributed by atoms with Crippen LogP contribution < -0.4 is 0 Å². The second kappa shape index (κ2) is 12.2. The van der Waals surface area contributed by atoms with Crippen LogP contribution in [0.15, 0.2) is 81.1 Å². The molecule has 3 nitrogen and oxygen atoms in total. The molecule has 0 saturated carbocycles. The van der Waals surface area contributed by atoms with Gasteiger partial charge in [-0.1, -0.05) is 54.5 Å². The van der Waals surface area contributed by atoms with Crippen molar-refractivity contribution in [3.05, 3.63) is 71.8 Å². The molecule has 0 aliphatic heterocycles. The molecule has 0 spiro atoms. The van der Waals surface area contributed by atoms with Gasteiger partial charge in [-0.2, -0.15) is 0 Å². The van der Waals surface area contributed by atoms with E-state index in [9.17, 15) is 4.21 Å². The first-order valence-electron chi connectivity index (χ1n) is 9.78. The molecule has 0 heterocycles. The van der Waals surface area contributed by atoms with Gasteiger partial charge in [0.05, 0.1) is 23.0 Å². The predicted molar refractivity (Wildman–Crippen MR) is 123 cm³/mol. The highest BCUT2D eigenvalue weighted by atomic mass is 32.2. The van der Waals surface area contributed by atoms with Crippen LogP contribution in [0.4, 0.5) is 5.69 Å². The summed E-state index contributed by atoms with van der Waals surface area (Å²) in [5.41, 5.74) is 3.51. The van der Waals surface area contributed by atoms with Gasteiger partial charge in [0.2, 0.25) is 0 Å². The first-order valence-corrected chi connectivity index (χ1v) is 11.1. The Kier molecular flexibility index (Phi) is 9.56. The normalized spacial score (nSPS) is 14.6. The molecule has 0 aromatic heterocycles. The molecule has 0 aliphatic rings. The molecule has 0 bridgehead atoms. The number of aliphatic imine (C=N–C) groups is 2. The highest BCUT2D eigenvalue weighted by Crippen LogP contribution is 2.15. The Balaban J connectivity index is 1.98. The van der Waals surface area contributed by atoms with E-state index in [-0.39, 0.29) is 5.92 Å². The van der Waals surface area contributed by atoms with Gasteiger partial charge in [-0.25, -0.2) is 0 Å². The van der Waals surface area contributed by atoms with Crippen molar-refractivity contribution in [2.45, 2.75) is 38.5 Å². The Morgan fingerprint density at radius 3 is 2.46 bits per heavy atom. The largest absolute Gasteiger partial charge is 0.296 e. The summed E-state index contributed by atoms with van der Waals surface area (Å²) in [7, 11) is -1.01. The number of hydrogen-bond acceptors (Lipinski definition) is 3. The third kappa shape index (κ3) is 8.13. The number of benzene rings is 2. The maximum Gasteiger partial charge on any atom is 0.0626 e. The van der Waals surface area contributed by atoms with Crippen LogP contribution in [0.5, 0.6) is 0 Å². The number of aryl methyl sites for hydroxylation is 1. The zero-order valence-corrected chi connectivity index (χ0v) is 17.9. The Bertz CT molecular complexity index is 823. The van der Waals surface area contributed by atoms with E-state index in [0.29, 0.717) is 12.3 Å². The van der Waals surface area contributed by atoms with Crippen molar-refractivity contribution >= 4 is 28.9 Å². The Labute approximate surface area is 171 Å². The van der Waals surface area contributed by atoms with Crippen molar-refractivity contribution in [2.75, 3.05) is 12.3 Å². The summed E-state index contributed by atoms with van der Waals surface area (Å²) in [4.78, 5) is 10.0. The first-order chi connectivity index (χ1) is 13.6. The molecule has 0 N–H and O–H groups in total. The maximum atomic E-state index is 12.3. The molecule has 4 heteroatoms. The lowest BCUT2D eigenvalue weighted by Gasteiger charge is -2.08. The van der Waals surface area contributed by atoms with E-state index < -0.39 is 10.8 Å². The lowest BCUT2D eigenvalue weighted by atomic mass is 10.0. The van der Waals surface area contributed by atoms with Gasteiger partial charge >= 0.3 is 0 Å². The van der Waals surface area contributed by atoms with Gasteiger partial charge in [0.1, 0.15) is 0 Å². The van der Waals surface area contributed by atoms with E-state index in [1.54, 1.807) is 0 Å². The molecule has 0 amide bonds. The molecule has 2 unspecified atom stereocenters. The van der Waals surface area contributed by atoms with Crippen molar-refractivity contribution in [3.8, 4) is 0 Å². The fourth-order valence-electron chi connectivity index (χ4n) is 2.80. The van der Waals surface area contributed by atoms with Crippen LogP contribution in [0.1, 0.15) is 32.3 Å². The van der Waals surface area contributed by atoms with Gasteiger partial charge in [0.25, 0.3) is 0 Å². The van der Waals surface area contributed by atoms with Crippen molar-refractivity contribution in [2.24, 2.45) is 15.9 Å². The molecule has 2 aromatic carbocycles. The van der Waals surface area contributed by atoms with Crippen molar-refractivity contribution in [1.82, 2.24) is 0 Å². The molecule has 0 fully saturated rings. The monoisotopic (exact) mass is 394 g/mol. The summed E-state index contributed by atoms with van der Waals surface area (Å²) in [5.74, 6) is 0.667. The van der Waals surface area contributed by atoms with E-state index in [0.717, 1.165) is 23.4 Å². The summed E-state index contributed by atoms with van der Waals surface area (Å²) in [6.45, 7) is 6.91. The van der Waals surface area contributed by atoms with Crippen molar-refractivity contribution < 1.29 is 4.21 Å². The fraction of sp³-hybridized carbons (Fsp3) is 0.333. The number of nitrogens with zero attached hydrogens (tertiary/aromatic N) is 2. The second-order valence-electron chi connectivity index (χ2n) is 6.86. The van der Waals surface area contributed by atoms with Crippen LogP contribution in [-0.2, 0) is 10.8 Å².